The van der Waals surface area contributed by atoms with Crippen LogP contribution in [0.25, 0.3) is 11.4 Å². The molecule has 1 amide bonds. The van der Waals surface area contributed by atoms with Gasteiger partial charge in [0.25, 0.3) is 5.91 Å². The lowest BCUT2D eigenvalue weighted by molar-refractivity contribution is 0.0914. The van der Waals surface area contributed by atoms with Crippen LogP contribution in [0.15, 0.2) is 47.0 Å². The summed E-state index contributed by atoms with van der Waals surface area (Å²) in [6.45, 7) is 3.92. The number of nitrogens with one attached hydrogen (secondary N) is 1. The van der Waals surface area contributed by atoms with Crippen molar-refractivity contribution in [3.8, 4) is 22.9 Å². The number of aromatic nitrogens is 2. The maximum absolute atomic E-state index is 12.7. The Kier molecular flexibility index (Phi) is 6.39. The molecule has 8 heteroatoms. The highest BCUT2D eigenvalue weighted by Crippen LogP contribution is 2.27. The highest BCUT2D eigenvalue weighted by molar-refractivity contribution is 6.32. The predicted molar refractivity (Wildman–Crippen MR) is 109 cm³/mol. The average molecular weight is 416 g/mol. The maximum Gasteiger partial charge on any atom is 0.251 e. The monoisotopic (exact) mass is 415 g/mol. The molecule has 2 aromatic carbocycles. The summed E-state index contributed by atoms with van der Waals surface area (Å²) < 4.78 is 15.7. The highest BCUT2D eigenvalue weighted by atomic mass is 35.5. The Balaban J connectivity index is 1.80. The van der Waals surface area contributed by atoms with Crippen LogP contribution in [0.4, 0.5) is 0 Å². The van der Waals surface area contributed by atoms with Gasteiger partial charge in [-0.2, -0.15) is 4.98 Å². The number of benzene rings is 2. The van der Waals surface area contributed by atoms with E-state index in [9.17, 15) is 4.79 Å². The summed E-state index contributed by atoms with van der Waals surface area (Å²) in [5, 5.41) is 7.35. The van der Waals surface area contributed by atoms with Crippen molar-refractivity contribution in [2.75, 3.05) is 14.2 Å². The van der Waals surface area contributed by atoms with Crippen LogP contribution in [0.1, 0.15) is 36.1 Å². The molecule has 0 aliphatic carbocycles. The molecule has 0 spiro atoms. The lowest BCUT2D eigenvalue weighted by atomic mass is 10.0. The largest absolute Gasteiger partial charge is 0.497 e. The molecule has 0 radical (unpaired) electrons. The van der Waals surface area contributed by atoms with Gasteiger partial charge in [-0.15, -0.1) is 0 Å². The van der Waals surface area contributed by atoms with Crippen molar-refractivity contribution in [3.05, 3.63) is 58.9 Å². The van der Waals surface area contributed by atoms with Crippen LogP contribution in [0, 0.1) is 5.92 Å². The first-order valence-corrected chi connectivity index (χ1v) is 9.43. The van der Waals surface area contributed by atoms with Crippen molar-refractivity contribution in [2.24, 2.45) is 5.92 Å². The Morgan fingerprint density at radius 2 is 1.83 bits per heavy atom. The summed E-state index contributed by atoms with van der Waals surface area (Å²) in [6.07, 6.45) is 0. The SMILES string of the molecule is COc1ccc(-c2noc([C@H](NC(=O)c3ccc(OC)c(Cl)c3)C(C)C)n2)cc1. The zero-order chi connectivity index (χ0) is 21.0. The molecule has 0 saturated carbocycles. The summed E-state index contributed by atoms with van der Waals surface area (Å²) in [5.74, 6) is 1.75. The van der Waals surface area contributed by atoms with Crippen LogP contribution in [0.5, 0.6) is 11.5 Å². The number of halogens is 1. The number of amides is 1. The minimum atomic E-state index is -0.456. The normalized spacial score (nSPS) is 11.9. The Morgan fingerprint density at radius 3 is 2.41 bits per heavy atom. The first kappa shape index (κ1) is 20.7. The van der Waals surface area contributed by atoms with Crippen LogP contribution < -0.4 is 14.8 Å². The van der Waals surface area contributed by atoms with E-state index in [2.05, 4.69) is 15.5 Å². The van der Waals surface area contributed by atoms with E-state index < -0.39 is 6.04 Å². The highest BCUT2D eigenvalue weighted by Gasteiger charge is 2.25. The standard InChI is InChI=1S/C21H22ClN3O4/c1-12(2)18(23-20(26)14-7-10-17(28-4)16(22)11-14)21-24-19(25-29-21)13-5-8-15(27-3)9-6-13/h5-12,18H,1-4H3,(H,23,26)/t18-/m1/s1. The second-order valence-electron chi connectivity index (χ2n) is 6.73. The number of carbonyl (C=O) groups excluding carboxylic acids is 1. The number of carbonyl (C=O) groups is 1. The molecule has 0 fully saturated rings. The van der Waals surface area contributed by atoms with Gasteiger partial charge in [0.15, 0.2) is 0 Å². The predicted octanol–water partition coefficient (Wildman–Crippen LogP) is 4.53. The smallest absolute Gasteiger partial charge is 0.251 e. The molecular weight excluding hydrogens is 394 g/mol. The number of nitrogens with zero attached hydrogens (tertiary/aromatic N) is 2. The van der Waals surface area contributed by atoms with Gasteiger partial charge in [0.2, 0.25) is 11.7 Å². The van der Waals surface area contributed by atoms with E-state index in [0.29, 0.717) is 28.1 Å². The molecule has 29 heavy (non-hydrogen) atoms. The van der Waals surface area contributed by atoms with Crippen LogP contribution >= 0.6 is 11.6 Å². The van der Waals surface area contributed by atoms with E-state index in [0.717, 1.165) is 11.3 Å². The molecule has 0 bridgehead atoms. The molecule has 1 aromatic heterocycles. The van der Waals surface area contributed by atoms with Gasteiger partial charge in [-0.3, -0.25) is 4.79 Å². The summed E-state index contributed by atoms with van der Waals surface area (Å²) in [5.41, 5.74) is 1.20. The molecular formula is C21H22ClN3O4. The van der Waals surface area contributed by atoms with Gasteiger partial charge in [0.1, 0.15) is 17.5 Å². The zero-order valence-corrected chi connectivity index (χ0v) is 17.4. The third kappa shape index (κ3) is 4.68. The van der Waals surface area contributed by atoms with E-state index in [4.69, 9.17) is 25.6 Å². The molecule has 1 atom stereocenters. The fourth-order valence-electron chi connectivity index (χ4n) is 2.76. The van der Waals surface area contributed by atoms with Crippen LogP contribution in [0.3, 0.4) is 0 Å². The number of hydrogen-bond donors (Lipinski definition) is 1. The second kappa shape index (κ2) is 8.96. The lowest BCUT2D eigenvalue weighted by Gasteiger charge is -2.18. The van der Waals surface area contributed by atoms with Gasteiger partial charge in [-0.05, 0) is 48.4 Å². The topological polar surface area (TPSA) is 86.5 Å². The zero-order valence-electron chi connectivity index (χ0n) is 16.6. The van der Waals surface area contributed by atoms with Crippen molar-refractivity contribution < 1.29 is 18.8 Å². The fourth-order valence-corrected chi connectivity index (χ4v) is 3.02. The summed E-state index contributed by atoms with van der Waals surface area (Å²) in [4.78, 5) is 17.2. The van der Waals surface area contributed by atoms with Gasteiger partial charge in [0, 0.05) is 11.1 Å². The number of ether oxygens (including phenoxy) is 2. The molecule has 152 valence electrons. The summed E-state index contributed by atoms with van der Waals surface area (Å²) >= 11 is 6.13. The van der Waals surface area contributed by atoms with Crippen molar-refractivity contribution >= 4 is 17.5 Å². The summed E-state index contributed by atoms with van der Waals surface area (Å²) in [7, 11) is 3.12. The number of hydrogen-bond acceptors (Lipinski definition) is 6. The maximum atomic E-state index is 12.7. The first-order valence-electron chi connectivity index (χ1n) is 9.05. The van der Waals surface area contributed by atoms with Gasteiger partial charge in [-0.1, -0.05) is 30.6 Å². The Morgan fingerprint density at radius 1 is 1.10 bits per heavy atom. The van der Waals surface area contributed by atoms with E-state index in [1.807, 2.05) is 38.1 Å². The third-order valence-corrected chi connectivity index (χ3v) is 4.72. The number of rotatable bonds is 7. The van der Waals surface area contributed by atoms with Crippen LogP contribution in [0.2, 0.25) is 5.02 Å². The van der Waals surface area contributed by atoms with E-state index in [-0.39, 0.29) is 11.8 Å². The molecule has 0 aliphatic rings. The van der Waals surface area contributed by atoms with Crippen LogP contribution in [-0.2, 0) is 0 Å². The average Bonchev–Trinajstić information content (AvgIpc) is 3.21. The summed E-state index contributed by atoms with van der Waals surface area (Å²) in [6, 6.07) is 11.7. The molecule has 7 nitrogen and oxygen atoms in total. The minimum absolute atomic E-state index is 0.0248. The molecule has 0 aliphatic heterocycles. The van der Waals surface area contributed by atoms with Crippen LogP contribution in [-0.4, -0.2) is 30.3 Å². The minimum Gasteiger partial charge on any atom is -0.497 e. The van der Waals surface area contributed by atoms with Gasteiger partial charge in [-0.25, -0.2) is 0 Å². The first-order chi connectivity index (χ1) is 13.9. The van der Waals surface area contributed by atoms with Crippen molar-refractivity contribution in [1.82, 2.24) is 15.5 Å². The lowest BCUT2D eigenvalue weighted by Crippen LogP contribution is -2.32. The molecule has 1 heterocycles. The molecule has 0 unspecified atom stereocenters. The molecule has 3 rings (SSSR count). The van der Waals surface area contributed by atoms with Crippen molar-refractivity contribution in [2.45, 2.75) is 19.9 Å². The van der Waals surface area contributed by atoms with Crippen molar-refractivity contribution in [1.29, 1.82) is 0 Å². The Bertz CT molecular complexity index is 986. The van der Waals surface area contributed by atoms with Gasteiger partial charge < -0.3 is 19.3 Å². The van der Waals surface area contributed by atoms with Gasteiger partial charge >= 0.3 is 0 Å². The quantitative estimate of drug-likeness (QED) is 0.609. The van der Waals surface area contributed by atoms with E-state index >= 15 is 0 Å². The number of methoxy groups -OCH3 is 2. The van der Waals surface area contributed by atoms with E-state index in [1.165, 1.54) is 7.11 Å². The van der Waals surface area contributed by atoms with Gasteiger partial charge in [0.05, 0.1) is 19.2 Å². The third-order valence-electron chi connectivity index (χ3n) is 4.42. The molecule has 3 aromatic rings. The Hall–Kier alpha value is -3.06. The second-order valence-corrected chi connectivity index (χ2v) is 7.14. The Labute approximate surface area is 174 Å². The molecule has 0 saturated heterocycles. The van der Waals surface area contributed by atoms with Crippen molar-refractivity contribution in [3.63, 3.8) is 0 Å². The molecule has 1 N–H and O–H groups in total. The fraction of sp³-hybridized carbons (Fsp3) is 0.286. The van der Waals surface area contributed by atoms with E-state index in [1.54, 1.807) is 25.3 Å².